The van der Waals surface area contributed by atoms with Crippen LogP contribution < -0.4 is 0 Å². The van der Waals surface area contributed by atoms with Crippen molar-refractivity contribution in [3.8, 4) is 16.9 Å². The number of aromatic nitrogens is 3. The van der Waals surface area contributed by atoms with Gasteiger partial charge in [0.05, 0.1) is 5.69 Å². The van der Waals surface area contributed by atoms with Gasteiger partial charge in [0.15, 0.2) is 5.69 Å². The molecule has 0 aliphatic heterocycles. The van der Waals surface area contributed by atoms with E-state index < -0.39 is 11.8 Å². The molecule has 2 aromatic carbocycles. The van der Waals surface area contributed by atoms with Gasteiger partial charge in [-0.25, -0.2) is 13.9 Å². The normalized spacial score (nSPS) is 10.7. The van der Waals surface area contributed by atoms with Crippen molar-refractivity contribution >= 4 is 17.7 Å². The first-order chi connectivity index (χ1) is 11.1. The predicted molar refractivity (Wildman–Crippen MR) is 85.5 cm³/mol. The minimum atomic E-state index is -1.18. The molecular formula is C16H12FN3O2S. The molecule has 1 N–H and O–H groups in total. The summed E-state index contributed by atoms with van der Waals surface area (Å²) in [4.78, 5) is 12.4. The van der Waals surface area contributed by atoms with Gasteiger partial charge in [-0.1, -0.05) is 11.3 Å². The fraction of sp³-hybridized carbons (Fsp3) is 0.0625. The second-order valence-electron chi connectivity index (χ2n) is 4.71. The van der Waals surface area contributed by atoms with Gasteiger partial charge in [-0.15, -0.1) is 16.9 Å². The summed E-state index contributed by atoms with van der Waals surface area (Å²) in [6.45, 7) is 0. The van der Waals surface area contributed by atoms with Crippen molar-refractivity contribution in [1.29, 1.82) is 0 Å². The first-order valence-corrected chi connectivity index (χ1v) is 7.92. The van der Waals surface area contributed by atoms with Gasteiger partial charge in [0.2, 0.25) is 0 Å². The Kier molecular flexibility index (Phi) is 4.12. The quantitative estimate of drug-likeness (QED) is 0.742. The number of thioether (sulfide) groups is 1. The second-order valence-corrected chi connectivity index (χ2v) is 5.59. The third-order valence-electron chi connectivity index (χ3n) is 3.29. The zero-order chi connectivity index (χ0) is 16.4. The zero-order valence-electron chi connectivity index (χ0n) is 12.1. The highest BCUT2D eigenvalue weighted by molar-refractivity contribution is 7.98. The molecule has 7 heteroatoms. The summed E-state index contributed by atoms with van der Waals surface area (Å²) in [5, 5.41) is 17.1. The van der Waals surface area contributed by atoms with Crippen LogP contribution in [0.25, 0.3) is 16.9 Å². The molecule has 0 aliphatic carbocycles. The van der Waals surface area contributed by atoms with Gasteiger partial charge in [-0.05, 0) is 48.7 Å². The fourth-order valence-electron chi connectivity index (χ4n) is 2.22. The monoisotopic (exact) mass is 329 g/mol. The van der Waals surface area contributed by atoms with Crippen LogP contribution in [0.1, 0.15) is 10.5 Å². The fourth-order valence-corrected chi connectivity index (χ4v) is 2.67. The van der Waals surface area contributed by atoms with E-state index in [1.54, 1.807) is 11.8 Å². The van der Waals surface area contributed by atoms with Crippen LogP contribution in [0.15, 0.2) is 53.4 Å². The molecule has 0 atom stereocenters. The number of hydrogen-bond acceptors (Lipinski definition) is 4. The number of hydrogen-bond donors (Lipinski definition) is 1. The Morgan fingerprint density at radius 3 is 2.61 bits per heavy atom. The summed E-state index contributed by atoms with van der Waals surface area (Å²) in [6, 6.07) is 13.1. The third-order valence-corrected chi connectivity index (χ3v) is 4.01. The Labute approximate surface area is 135 Å². The average molecular weight is 329 g/mol. The standard InChI is InChI=1S/C16H12FN3O2S/c1-23-13-4-2-3-12(9-13)20-15(14(16(21)22)18-19-20)10-5-7-11(17)8-6-10/h2-9H,1H3,(H,21,22). The summed E-state index contributed by atoms with van der Waals surface area (Å²) in [6.07, 6.45) is 1.95. The summed E-state index contributed by atoms with van der Waals surface area (Å²) in [5.41, 5.74) is 1.36. The molecule has 0 saturated carbocycles. The van der Waals surface area contributed by atoms with E-state index in [0.717, 1.165) is 4.90 Å². The van der Waals surface area contributed by atoms with E-state index in [2.05, 4.69) is 10.3 Å². The minimum Gasteiger partial charge on any atom is -0.476 e. The Bertz CT molecular complexity index is 862. The average Bonchev–Trinajstić information content (AvgIpc) is 3.01. The number of carbonyl (C=O) groups is 1. The lowest BCUT2D eigenvalue weighted by molar-refractivity contribution is 0.0691. The highest BCUT2D eigenvalue weighted by Crippen LogP contribution is 2.27. The van der Waals surface area contributed by atoms with Gasteiger partial charge < -0.3 is 5.11 Å². The summed E-state index contributed by atoms with van der Waals surface area (Å²) in [5.74, 6) is -1.58. The molecule has 23 heavy (non-hydrogen) atoms. The first kappa shape index (κ1) is 15.2. The van der Waals surface area contributed by atoms with E-state index in [1.807, 2.05) is 30.5 Å². The van der Waals surface area contributed by atoms with Gasteiger partial charge in [0.1, 0.15) is 11.5 Å². The van der Waals surface area contributed by atoms with Crippen molar-refractivity contribution in [1.82, 2.24) is 15.0 Å². The first-order valence-electron chi connectivity index (χ1n) is 6.69. The molecule has 0 fully saturated rings. The number of aromatic carboxylic acids is 1. The van der Waals surface area contributed by atoms with E-state index in [4.69, 9.17) is 0 Å². The number of carboxylic acids is 1. The van der Waals surface area contributed by atoms with Crippen molar-refractivity contribution in [2.24, 2.45) is 0 Å². The maximum atomic E-state index is 13.2. The maximum Gasteiger partial charge on any atom is 0.358 e. The Balaban J connectivity index is 2.21. The molecule has 5 nitrogen and oxygen atoms in total. The smallest absolute Gasteiger partial charge is 0.358 e. The van der Waals surface area contributed by atoms with Crippen molar-refractivity contribution in [2.45, 2.75) is 4.90 Å². The number of benzene rings is 2. The lowest BCUT2D eigenvalue weighted by Gasteiger charge is -2.08. The van der Waals surface area contributed by atoms with Gasteiger partial charge in [0.25, 0.3) is 0 Å². The molecule has 0 aliphatic rings. The highest BCUT2D eigenvalue weighted by atomic mass is 32.2. The van der Waals surface area contributed by atoms with Crippen LogP contribution in [0.2, 0.25) is 0 Å². The summed E-state index contributed by atoms with van der Waals surface area (Å²) < 4.78 is 14.6. The van der Waals surface area contributed by atoms with E-state index in [1.165, 1.54) is 28.9 Å². The van der Waals surface area contributed by atoms with Crippen LogP contribution in [-0.2, 0) is 0 Å². The minimum absolute atomic E-state index is 0.175. The lowest BCUT2D eigenvalue weighted by Crippen LogP contribution is -2.03. The van der Waals surface area contributed by atoms with Crippen LogP contribution in [0.4, 0.5) is 4.39 Å². The maximum absolute atomic E-state index is 13.2. The molecule has 3 aromatic rings. The third kappa shape index (κ3) is 2.95. The number of halogens is 1. The second kappa shape index (κ2) is 6.21. The zero-order valence-corrected chi connectivity index (χ0v) is 12.9. The van der Waals surface area contributed by atoms with Crippen molar-refractivity contribution in [3.05, 3.63) is 60.0 Å². The van der Waals surface area contributed by atoms with Crippen molar-refractivity contribution in [3.63, 3.8) is 0 Å². The molecule has 3 rings (SSSR count). The predicted octanol–water partition coefficient (Wildman–Crippen LogP) is 3.49. The Morgan fingerprint density at radius 1 is 1.22 bits per heavy atom. The molecule has 116 valence electrons. The summed E-state index contributed by atoms with van der Waals surface area (Å²) in [7, 11) is 0. The van der Waals surface area contributed by atoms with Crippen LogP contribution in [-0.4, -0.2) is 32.3 Å². The molecule has 0 bridgehead atoms. The Hall–Kier alpha value is -2.67. The molecule has 0 amide bonds. The van der Waals surface area contributed by atoms with Gasteiger partial charge >= 0.3 is 5.97 Å². The van der Waals surface area contributed by atoms with Crippen LogP contribution in [0, 0.1) is 5.82 Å². The van der Waals surface area contributed by atoms with Crippen molar-refractivity contribution < 1.29 is 14.3 Å². The van der Waals surface area contributed by atoms with Gasteiger partial charge in [-0.3, -0.25) is 0 Å². The number of carboxylic acid groups (broad SMARTS) is 1. The van der Waals surface area contributed by atoms with Crippen LogP contribution in [0.5, 0.6) is 0 Å². The van der Waals surface area contributed by atoms with E-state index in [0.29, 0.717) is 16.9 Å². The van der Waals surface area contributed by atoms with E-state index in [-0.39, 0.29) is 5.69 Å². The largest absolute Gasteiger partial charge is 0.476 e. The van der Waals surface area contributed by atoms with Gasteiger partial charge in [0, 0.05) is 10.5 Å². The van der Waals surface area contributed by atoms with Crippen LogP contribution >= 0.6 is 11.8 Å². The molecule has 1 aromatic heterocycles. The van der Waals surface area contributed by atoms with Crippen molar-refractivity contribution in [2.75, 3.05) is 6.26 Å². The van der Waals surface area contributed by atoms with E-state index in [9.17, 15) is 14.3 Å². The molecular weight excluding hydrogens is 317 g/mol. The topological polar surface area (TPSA) is 68.0 Å². The lowest BCUT2D eigenvalue weighted by atomic mass is 10.1. The highest BCUT2D eigenvalue weighted by Gasteiger charge is 2.21. The molecule has 0 spiro atoms. The SMILES string of the molecule is CSc1cccc(-n2nnc(C(=O)O)c2-c2ccc(F)cc2)c1. The molecule has 0 unspecified atom stereocenters. The molecule has 0 radical (unpaired) electrons. The number of rotatable bonds is 4. The molecule has 1 heterocycles. The van der Waals surface area contributed by atoms with E-state index >= 15 is 0 Å². The number of nitrogens with zero attached hydrogens (tertiary/aromatic N) is 3. The molecule has 0 saturated heterocycles. The van der Waals surface area contributed by atoms with Gasteiger partial charge in [-0.2, -0.15) is 0 Å². The van der Waals surface area contributed by atoms with Crippen LogP contribution in [0.3, 0.4) is 0 Å². The Morgan fingerprint density at radius 2 is 1.96 bits per heavy atom. The summed E-state index contributed by atoms with van der Waals surface area (Å²) >= 11 is 1.57.